The molecule has 0 unspecified atom stereocenters. The first-order valence-corrected chi connectivity index (χ1v) is 6.37. The second-order valence-corrected chi connectivity index (χ2v) is 5.20. The predicted octanol–water partition coefficient (Wildman–Crippen LogP) is 2.86. The maximum Gasteiger partial charge on any atom is 0.217 e. The van der Waals surface area contributed by atoms with Crippen LogP contribution in [-0.2, 0) is 6.54 Å². The molecule has 0 amide bonds. The van der Waals surface area contributed by atoms with Gasteiger partial charge in [-0.1, -0.05) is 33.8 Å². The Hall–Kier alpha value is -1.09. The summed E-state index contributed by atoms with van der Waals surface area (Å²) >= 11 is 0. The van der Waals surface area contributed by atoms with Gasteiger partial charge in [0, 0.05) is 18.3 Å². The molecule has 1 aromatic rings. The lowest BCUT2D eigenvalue weighted by molar-refractivity contribution is 0.258. The lowest BCUT2D eigenvalue weighted by atomic mass is 10.2. The third kappa shape index (κ3) is 5.68. The quantitative estimate of drug-likeness (QED) is 0.790. The molecule has 96 valence electrons. The first-order valence-electron chi connectivity index (χ1n) is 6.37. The molecule has 0 fully saturated rings. The van der Waals surface area contributed by atoms with E-state index >= 15 is 0 Å². The molecule has 3 heteroatoms. The summed E-state index contributed by atoms with van der Waals surface area (Å²) in [4.78, 5) is 4.29. The van der Waals surface area contributed by atoms with Gasteiger partial charge in [-0.3, -0.25) is 0 Å². The smallest absolute Gasteiger partial charge is 0.217 e. The van der Waals surface area contributed by atoms with E-state index in [9.17, 15) is 0 Å². The van der Waals surface area contributed by atoms with Gasteiger partial charge in [0.1, 0.15) is 0 Å². The molecule has 17 heavy (non-hydrogen) atoms. The molecule has 1 heterocycles. The van der Waals surface area contributed by atoms with Gasteiger partial charge in [-0.05, 0) is 24.4 Å². The SMILES string of the molecule is CC(C)CNCc1cccnc1OCC(C)C. The van der Waals surface area contributed by atoms with Crippen molar-refractivity contribution in [3.05, 3.63) is 23.9 Å². The van der Waals surface area contributed by atoms with Gasteiger partial charge >= 0.3 is 0 Å². The molecule has 0 radical (unpaired) electrons. The molecule has 1 N–H and O–H groups in total. The summed E-state index contributed by atoms with van der Waals surface area (Å²) in [6.07, 6.45) is 1.78. The van der Waals surface area contributed by atoms with Crippen molar-refractivity contribution in [3.63, 3.8) is 0 Å². The Bertz CT molecular complexity index is 324. The lowest BCUT2D eigenvalue weighted by Gasteiger charge is -2.13. The molecule has 0 saturated heterocycles. The highest BCUT2D eigenvalue weighted by Crippen LogP contribution is 2.14. The number of rotatable bonds is 7. The number of nitrogens with zero attached hydrogens (tertiary/aromatic N) is 1. The molecule has 0 bridgehead atoms. The fourth-order valence-corrected chi connectivity index (χ4v) is 1.43. The summed E-state index contributed by atoms with van der Waals surface area (Å²) in [5, 5.41) is 3.41. The highest BCUT2D eigenvalue weighted by Gasteiger charge is 2.05. The number of hydrogen-bond acceptors (Lipinski definition) is 3. The molecule has 1 aromatic heterocycles. The predicted molar refractivity (Wildman–Crippen MR) is 71.1 cm³/mol. The molecule has 3 nitrogen and oxygen atoms in total. The summed E-state index contributed by atoms with van der Waals surface area (Å²) in [6.45, 7) is 11.2. The van der Waals surface area contributed by atoms with E-state index in [1.54, 1.807) is 6.20 Å². The van der Waals surface area contributed by atoms with E-state index < -0.39 is 0 Å². The third-order valence-electron chi connectivity index (χ3n) is 2.27. The molecule has 0 aliphatic carbocycles. The highest BCUT2D eigenvalue weighted by molar-refractivity contribution is 5.25. The first-order chi connectivity index (χ1) is 8.09. The van der Waals surface area contributed by atoms with Crippen molar-refractivity contribution in [2.45, 2.75) is 34.2 Å². The third-order valence-corrected chi connectivity index (χ3v) is 2.27. The van der Waals surface area contributed by atoms with Gasteiger partial charge in [-0.15, -0.1) is 0 Å². The molecule has 0 aliphatic rings. The van der Waals surface area contributed by atoms with E-state index in [4.69, 9.17) is 4.74 Å². The molecule has 0 spiro atoms. The number of aromatic nitrogens is 1. The molecule has 0 saturated carbocycles. The molecule has 1 rings (SSSR count). The first kappa shape index (κ1) is 14.0. The summed E-state index contributed by atoms with van der Waals surface area (Å²) < 4.78 is 5.70. The van der Waals surface area contributed by atoms with Crippen LogP contribution in [-0.4, -0.2) is 18.1 Å². The van der Waals surface area contributed by atoms with Crippen LogP contribution < -0.4 is 10.1 Å². The van der Waals surface area contributed by atoms with Crippen molar-refractivity contribution < 1.29 is 4.74 Å². The zero-order valence-electron chi connectivity index (χ0n) is 11.4. The molecule has 0 aliphatic heterocycles. The maximum absolute atomic E-state index is 5.70. The van der Waals surface area contributed by atoms with E-state index in [0.29, 0.717) is 18.4 Å². The average molecular weight is 236 g/mol. The minimum Gasteiger partial charge on any atom is -0.477 e. The standard InChI is InChI=1S/C14H24N2O/c1-11(2)8-15-9-13-6-5-7-16-14(13)17-10-12(3)4/h5-7,11-12,15H,8-10H2,1-4H3. The van der Waals surface area contributed by atoms with E-state index in [0.717, 1.165) is 24.5 Å². The Balaban J connectivity index is 2.51. The topological polar surface area (TPSA) is 34.2 Å². The van der Waals surface area contributed by atoms with Crippen molar-refractivity contribution in [1.29, 1.82) is 0 Å². The lowest BCUT2D eigenvalue weighted by Crippen LogP contribution is -2.20. The second-order valence-electron chi connectivity index (χ2n) is 5.20. The molecular formula is C14H24N2O. The van der Waals surface area contributed by atoms with Gasteiger partial charge in [0.25, 0.3) is 0 Å². The zero-order chi connectivity index (χ0) is 12.7. The van der Waals surface area contributed by atoms with Gasteiger partial charge < -0.3 is 10.1 Å². The summed E-state index contributed by atoms with van der Waals surface area (Å²) in [5.41, 5.74) is 1.13. The Labute approximate surface area is 105 Å². The zero-order valence-corrected chi connectivity index (χ0v) is 11.4. The summed E-state index contributed by atoms with van der Waals surface area (Å²) in [7, 11) is 0. The monoisotopic (exact) mass is 236 g/mol. The van der Waals surface area contributed by atoms with Gasteiger partial charge in [0.2, 0.25) is 5.88 Å². The minimum atomic E-state index is 0.522. The van der Waals surface area contributed by atoms with Gasteiger partial charge in [0.05, 0.1) is 6.61 Å². The Morgan fingerprint density at radius 3 is 2.65 bits per heavy atom. The van der Waals surface area contributed by atoms with Crippen LogP contribution in [0.25, 0.3) is 0 Å². The van der Waals surface area contributed by atoms with Crippen LogP contribution >= 0.6 is 0 Å². The Morgan fingerprint density at radius 2 is 2.00 bits per heavy atom. The van der Waals surface area contributed by atoms with Crippen LogP contribution in [0.1, 0.15) is 33.3 Å². The van der Waals surface area contributed by atoms with E-state index in [1.165, 1.54) is 0 Å². The Morgan fingerprint density at radius 1 is 1.24 bits per heavy atom. The van der Waals surface area contributed by atoms with Crippen molar-refractivity contribution in [1.82, 2.24) is 10.3 Å². The van der Waals surface area contributed by atoms with Crippen molar-refractivity contribution in [3.8, 4) is 5.88 Å². The van der Waals surface area contributed by atoms with Crippen LogP contribution in [0.4, 0.5) is 0 Å². The van der Waals surface area contributed by atoms with Gasteiger partial charge in [-0.2, -0.15) is 0 Å². The minimum absolute atomic E-state index is 0.522. The van der Waals surface area contributed by atoms with Gasteiger partial charge in [-0.25, -0.2) is 4.98 Å². The molecule has 0 atom stereocenters. The maximum atomic E-state index is 5.70. The molecule has 0 aromatic carbocycles. The number of nitrogens with one attached hydrogen (secondary N) is 1. The summed E-state index contributed by atoms with van der Waals surface area (Å²) in [6, 6.07) is 4.02. The highest BCUT2D eigenvalue weighted by atomic mass is 16.5. The van der Waals surface area contributed by atoms with Gasteiger partial charge in [0.15, 0.2) is 0 Å². The number of hydrogen-bond donors (Lipinski definition) is 1. The van der Waals surface area contributed by atoms with Crippen molar-refractivity contribution in [2.24, 2.45) is 11.8 Å². The van der Waals surface area contributed by atoms with Crippen LogP contribution in [0.2, 0.25) is 0 Å². The van der Waals surface area contributed by atoms with Crippen LogP contribution in [0.15, 0.2) is 18.3 Å². The van der Waals surface area contributed by atoms with Crippen LogP contribution in [0.3, 0.4) is 0 Å². The number of ether oxygens (including phenoxy) is 1. The fraction of sp³-hybridized carbons (Fsp3) is 0.643. The second kappa shape index (κ2) is 7.28. The Kier molecular flexibility index (Phi) is 5.98. The van der Waals surface area contributed by atoms with Crippen LogP contribution in [0, 0.1) is 11.8 Å². The normalized spacial score (nSPS) is 11.2. The summed E-state index contributed by atoms with van der Waals surface area (Å²) in [5.74, 6) is 1.94. The fourth-order valence-electron chi connectivity index (χ4n) is 1.43. The van der Waals surface area contributed by atoms with E-state index in [2.05, 4.69) is 44.1 Å². The molecular weight excluding hydrogens is 212 g/mol. The van der Waals surface area contributed by atoms with Crippen LogP contribution in [0.5, 0.6) is 5.88 Å². The van der Waals surface area contributed by atoms with Crippen molar-refractivity contribution >= 4 is 0 Å². The number of pyridine rings is 1. The largest absolute Gasteiger partial charge is 0.477 e. The van der Waals surface area contributed by atoms with Crippen molar-refractivity contribution in [2.75, 3.05) is 13.2 Å². The van der Waals surface area contributed by atoms with E-state index in [1.807, 2.05) is 6.07 Å². The average Bonchev–Trinajstić information content (AvgIpc) is 2.27. The van der Waals surface area contributed by atoms with E-state index in [-0.39, 0.29) is 0 Å².